The normalized spacial score (nSPS) is 19.2. The number of carbonyl (C=O) groups is 3. The average molecular weight is 437 g/mol. The molecule has 1 heterocycles. The lowest BCUT2D eigenvalue weighted by molar-refractivity contribution is -0.134. The number of hydrogen-bond donors (Lipinski definition) is 2. The van der Waals surface area contributed by atoms with Gasteiger partial charge in [0.25, 0.3) is 5.91 Å². The van der Waals surface area contributed by atoms with E-state index in [1.54, 1.807) is 6.92 Å². The fourth-order valence-electron chi connectivity index (χ4n) is 4.13. The van der Waals surface area contributed by atoms with E-state index in [9.17, 15) is 14.4 Å². The van der Waals surface area contributed by atoms with Crippen molar-refractivity contribution in [1.82, 2.24) is 20.4 Å². The van der Waals surface area contributed by atoms with Gasteiger partial charge in [0.1, 0.15) is 12.1 Å². The number of rotatable bonds is 9. The predicted molar refractivity (Wildman–Crippen MR) is 124 cm³/mol. The van der Waals surface area contributed by atoms with E-state index >= 15 is 0 Å². The second kappa shape index (κ2) is 9.96. The summed E-state index contributed by atoms with van der Waals surface area (Å²) in [5, 5.41) is 5.67. The van der Waals surface area contributed by atoms with E-state index in [-0.39, 0.29) is 18.5 Å². The van der Waals surface area contributed by atoms with Gasteiger partial charge in [0.05, 0.1) is 6.04 Å². The molecule has 3 rings (SSSR count). The fourth-order valence-corrected chi connectivity index (χ4v) is 4.13. The Hall–Kier alpha value is -3.19. The molecule has 170 valence electrons. The third-order valence-electron chi connectivity index (χ3n) is 6.14. The number of benzene rings is 2. The van der Waals surface area contributed by atoms with Crippen LogP contribution in [-0.4, -0.2) is 53.8 Å². The van der Waals surface area contributed by atoms with Crippen LogP contribution >= 0.6 is 0 Å². The first-order valence-corrected chi connectivity index (χ1v) is 11.1. The maximum atomic E-state index is 13.1. The SMILES string of the molecule is CCN(CC)C(CNC(=O)CN1C(=O)NC(C)(c2ccc(C)cc2)C1=O)c1ccccc1. The van der Waals surface area contributed by atoms with Crippen molar-refractivity contribution in [3.63, 3.8) is 0 Å². The Morgan fingerprint density at radius 1 is 1.06 bits per heavy atom. The van der Waals surface area contributed by atoms with E-state index in [0.29, 0.717) is 12.1 Å². The van der Waals surface area contributed by atoms with Gasteiger partial charge in [-0.1, -0.05) is 74.0 Å². The highest BCUT2D eigenvalue weighted by Gasteiger charge is 2.49. The minimum Gasteiger partial charge on any atom is -0.353 e. The Labute approximate surface area is 189 Å². The summed E-state index contributed by atoms with van der Waals surface area (Å²) in [5.41, 5.74) is 1.68. The van der Waals surface area contributed by atoms with Gasteiger partial charge in [0.2, 0.25) is 5.91 Å². The minimum absolute atomic E-state index is 0.0103. The molecular weight excluding hydrogens is 404 g/mol. The number of imide groups is 1. The number of hydrogen-bond acceptors (Lipinski definition) is 4. The van der Waals surface area contributed by atoms with Crippen LogP contribution in [-0.2, 0) is 15.1 Å². The molecule has 7 nitrogen and oxygen atoms in total. The number of carbonyl (C=O) groups excluding carboxylic acids is 3. The molecule has 2 aromatic rings. The standard InChI is InChI=1S/C25H32N4O3/c1-5-28(6-2)21(19-10-8-7-9-11-19)16-26-22(30)17-29-23(31)25(4,27-24(29)32)20-14-12-18(3)13-15-20/h7-15,21H,5-6,16-17H2,1-4H3,(H,26,30)(H,27,32). The summed E-state index contributed by atoms with van der Waals surface area (Å²) in [6, 6.07) is 16.9. The molecular formula is C25H32N4O3. The Bertz CT molecular complexity index is 957. The van der Waals surface area contributed by atoms with Crippen molar-refractivity contribution >= 4 is 17.8 Å². The molecule has 2 unspecified atom stereocenters. The van der Waals surface area contributed by atoms with Gasteiger partial charge in [-0.15, -0.1) is 0 Å². The second-order valence-electron chi connectivity index (χ2n) is 8.26. The van der Waals surface area contributed by atoms with Gasteiger partial charge >= 0.3 is 6.03 Å². The van der Waals surface area contributed by atoms with Crippen molar-refractivity contribution in [2.45, 2.75) is 39.3 Å². The molecule has 2 aromatic carbocycles. The molecule has 0 radical (unpaired) electrons. The maximum Gasteiger partial charge on any atom is 0.325 e. The van der Waals surface area contributed by atoms with Crippen LogP contribution in [0.1, 0.15) is 43.5 Å². The summed E-state index contributed by atoms with van der Waals surface area (Å²) >= 11 is 0. The summed E-state index contributed by atoms with van der Waals surface area (Å²) in [6.07, 6.45) is 0. The van der Waals surface area contributed by atoms with Crippen molar-refractivity contribution in [2.75, 3.05) is 26.2 Å². The molecule has 0 aliphatic carbocycles. The Morgan fingerprint density at radius 2 is 1.69 bits per heavy atom. The van der Waals surface area contributed by atoms with E-state index in [1.807, 2.05) is 61.5 Å². The molecule has 0 spiro atoms. The molecule has 7 heteroatoms. The molecule has 2 N–H and O–H groups in total. The van der Waals surface area contributed by atoms with Gasteiger partial charge in [0.15, 0.2) is 0 Å². The molecule has 0 saturated carbocycles. The van der Waals surface area contributed by atoms with Crippen LogP contribution in [0.5, 0.6) is 0 Å². The number of amides is 4. The first kappa shape index (κ1) is 23.5. The molecule has 2 atom stereocenters. The van der Waals surface area contributed by atoms with E-state index in [0.717, 1.165) is 29.1 Å². The monoisotopic (exact) mass is 436 g/mol. The van der Waals surface area contributed by atoms with Gasteiger partial charge < -0.3 is 10.6 Å². The van der Waals surface area contributed by atoms with Crippen molar-refractivity contribution in [1.29, 1.82) is 0 Å². The molecule has 0 aromatic heterocycles. The maximum absolute atomic E-state index is 13.1. The number of likely N-dealkylation sites (N-methyl/N-ethyl adjacent to an activating group) is 1. The minimum atomic E-state index is -1.18. The van der Waals surface area contributed by atoms with Crippen LogP contribution in [0.25, 0.3) is 0 Å². The van der Waals surface area contributed by atoms with Crippen LogP contribution in [0.2, 0.25) is 0 Å². The fraction of sp³-hybridized carbons (Fsp3) is 0.400. The van der Waals surface area contributed by atoms with E-state index in [4.69, 9.17) is 0 Å². The van der Waals surface area contributed by atoms with Crippen molar-refractivity contribution in [3.05, 3.63) is 71.3 Å². The number of aryl methyl sites for hydroxylation is 1. The highest BCUT2D eigenvalue weighted by atomic mass is 16.2. The lowest BCUT2D eigenvalue weighted by atomic mass is 9.91. The zero-order valence-electron chi connectivity index (χ0n) is 19.2. The van der Waals surface area contributed by atoms with E-state index < -0.39 is 17.5 Å². The molecule has 0 bridgehead atoms. The summed E-state index contributed by atoms with van der Waals surface area (Å²) in [7, 11) is 0. The zero-order valence-corrected chi connectivity index (χ0v) is 19.2. The van der Waals surface area contributed by atoms with Gasteiger partial charge in [-0.3, -0.25) is 19.4 Å². The van der Waals surface area contributed by atoms with Crippen LogP contribution in [0.4, 0.5) is 4.79 Å². The number of nitrogens with zero attached hydrogens (tertiary/aromatic N) is 2. The Kier molecular flexibility index (Phi) is 7.30. The molecule has 32 heavy (non-hydrogen) atoms. The lowest BCUT2D eigenvalue weighted by Crippen LogP contribution is -2.45. The summed E-state index contributed by atoms with van der Waals surface area (Å²) in [4.78, 5) is 41.6. The van der Waals surface area contributed by atoms with Gasteiger partial charge in [-0.2, -0.15) is 0 Å². The molecule has 1 aliphatic rings. The third-order valence-corrected chi connectivity index (χ3v) is 6.14. The Morgan fingerprint density at radius 3 is 2.28 bits per heavy atom. The summed E-state index contributed by atoms with van der Waals surface area (Å²) in [5.74, 6) is -0.792. The highest BCUT2D eigenvalue weighted by molar-refractivity contribution is 6.09. The molecule has 1 fully saturated rings. The van der Waals surface area contributed by atoms with Crippen molar-refractivity contribution in [3.8, 4) is 0 Å². The van der Waals surface area contributed by atoms with Crippen molar-refractivity contribution in [2.24, 2.45) is 0 Å². The van der Waals surface area contributed by atoms with Crippen molar-refractivity contribution < 1.29 is 14.4 Å². The van der Waals surface area contributed by atoms with Gasteiger partial charge in [-0.05, 0) is 38.1 Å². The number of urea groups is 1. The second-order valence-corrected chi connectivity index (χ2v) is 8.26. The number of nitrogens with one attached hydrogen (secondary N) is 2. The molecule has 1 saturated heterocycles. The zero-order chi connectivity index (χ0) is 23.3. The highest BCUT2D eigenvalue weighted by Crippen LogP contribution is 2.29. The van der Waals surface area contributed by atoms with Crippen LogP contribution < -0.4 is 10.6 Å². The van der Waals surface area contributed by atoms with Gasteiger partial charge in [0, 0.05) is 6.54 Å². The quantitative estimate of drug-likeness (QED) is 0.592. The predicted octanol–water partition coefficient (Wildman–Crippen LogP) is 2.96. The third kappa shape index (κ3) is 4.83. The van der Waals surface area contributed by atoms with Crippen LogP contribution in [0.15, 0.2) is 54.6 Å². The summed E-state index contributed by atoms with van der Waals surface area (Å²) < 4.78 is 0. The topological polar surface area (TPSA) is 81.8 Å². The van der Waals surface area contributed by atoms with E-state index in [1.165, 1.54) is 0 Å². The largest absolute Gasteiger partial charge is 0.353 e. The van der Waals surface area contributed by atoms with E-state index in [2.05, 4.69) is 29.4 Å². The van der Waals surface area contributed by atoms with Crippen LogP contribution in [0, 0.1) is 6.92 Å². The molecule has 4 amide bonds. The average Bonchev–Trinajstić information content (AvgIpc) is 3.01. The smallest absolute Gasteiger partial charge is 0.325 e. The van der Waals surface area contributed by atoms with Gasteiger partial charge in [-0.25, -0.2) is 4.79 Å². The lowest BCUT2D eigenvalue weighted by Gasteiger charge is -2.30. The first-order valence-electron chi connectivity index (χ1n) is 11.1. The first-order chi connectivity index (χ1) is 15.3. The molecule has 1 aliphatic heterocycles. The summed E-state index contributed by atoms with van der Waals surface area (Å²) in [6.45, 7) is 9.55. The van der Waals surface area contributed by atoms with Crippen LogP contribution in [0.3, 0.4) is 0 Å². The Balaban J connectivity index is 1.68.